The third-order valence-corrected chi connectivity index (χ3v) is 5.01. The van der Waals surface area contributed by atoms with Crippen LogP contribution in [0.1, 0.15) is 33.8 Å². The lowest BCUT2D eigenvalue weighted by Crippen LogP contribution is -2.66. The second kappa shape index (κ2) is 7.36. The molecule has 0 radical (unpaired) electrons. The van der Waals surface area contributed by atoms with Crippen LogP contribution in [0.25, 0.3) is 0 Å². The first-order chi connectivity index (χ1) is 13.2. The summed E-state index contributed by atoms with van der Waals surface area (Å²) in [4.78, 5) is 42.0. The Morgan fingerprint density at radius 1 is 1.11 bits per heavy atom. The van der Waals surface area contributed by atoms with E-state index in [-0.39, 0.29) is 23.3 Å². The van der Waals surface area contributed by atoms with Crippen LogP contribution in [0, 0.1) is 5.92 Å². The molecule has 2 aromatic rings. The van der Waals surface area contributed by atoms with Crippen molar-refractivity contribution in [1.29, 1.82) is 0 Å². The Hall–Kier alpha value is -2.94. The zero-order chi connectivity index (χ0) is 18.7. The standard InChI is InChI=1S/C18H20N6O3/c25-16(14-8-19-3-5-21-14)23-7-13-1-2-18(27-10-13)11-24(12-18)17(26)15-9-20-4-6-22-15/h3-6,8-9,13H,1-2,7,10-12H2,(H,23,25). The molecule has 2 aromatic heterocycles. The summed E-state index contributed by atoms with van der Waals surface area (Å²) in [7, 11) is 0. The van der Waals surface area contributed by atoms with Crippen molar-refractivity contribution in [2.24, 2.45) is 5.92 Å². The quantitative estimate of drug-likeness (QED) is 0.827. The van der Waals surface area contributed by atoms with E-state index in [0.29, 0.717) is 37.6 Å². The van der Waals surface area contributed by atoms with Crippen LogP contribution in [0.2, 0.25) is 0 Å². The highest BCUT2D eigenvalue weighted by Gasteiger charge is 2.48. The number of hydrogen-bond acceptors (Lipinski definition) is 7. The fourth-order valence-corrected chi connectivity index (χ4v) is 3.44. The normalized spacial score (nSPS) is 20.7. The number of carbonyl (C=O) groups excluding carboxylic acids is 2. The predicted octanol–water partition coefficient (Wildman–Crippen LogP) is 0.318. The molecule has 0 saturated carbocycles. The fraction of sp³-hybridized carbons (Fsp3) is 0.444. The molecule has 1 unspecified atom stereocenters. The second-order valence-corrected chi connectivity index (χ2v) is 6.95. The van der Waals surface area contributed by atoms with Gasteiger partial charge in [0.15, 0.2) is 0 Å². The lowest BCUT2D eigenvalue weighted by atomic mass is 9.82. The molecule has 2 saturated heterocycles. The van der Waals surface area contributed by atoms with Crippen LogP contribution in [0.4, 0.5) is 0 Å². The van der Waals surface area contributed by atoms with Crippen LogP contribution in [-0.4, -0.2) is 68.5 Å². The molecular weight excluding hydrogens is 348 g/mol. The van der Waals surface area contributed by atoms with E-state index >= 15 is 0 Å². The minimum Gasteiger partial charge on any atom is -0.371 e. The second-order valence-electron chi connectivity index (χ2n) is 6.95. The van der Waals surface area contributed by atoms with Crippen LogP contribution in [-0.2, 0) is 4.74 Å². The maximum absolute atomic E-state index is 12.3. The first-order valence-corrected chi connectivity index (χ1v) is 8.89. The molecule has 0 aliphatic carbocycles. The number of hydrogen-bond donors (Lipinski definition) is 1. The fourth-order valence-electron chi connectivity index (χ4n) is 3.44. The Morgan fingerprint density at radius 3 is 2.41 bits per heavy atom. The lowest BCUT2D eigenvalue weighted by molar-refractivity contribution is -0.166. The molecule has 1 atom stereocenters. The smallest absolute Gasteiger partial charge is 0.274 e. The van der Waals surface area contributed by atoms with Gasteiger partial charge < -0.3 is 15.0 Å². The highest BCUT2D eigenvalue weighted by Crippen LogP contribution is 2.36. The van der Waals surface area contributed by atoms with Crippen LogP contribution >= 0.6 is 0 Å². The van der Waals surface area contributed by atoms with E-state index in [0.717, 1.165) is 12.8 Å². The van der Waals surface area contributed by atoms with Gasteiger partial charge in [0.25, 0.3) is 11.8 Å². The van der Waals surface area contributed by atoms with Crippen LogP contribution in [0.5, 0.6) is 0 Å². The Kier molecular flexibility index (Phi) is 4.76. The highest BCUT2D eigenvalue weighted by molar-refractivity contribution is 5.93. The van der Waals surface area contributed by atoms with Gasteiger partial charge in [0.05, 0.1) is 32.1 Å². The molecule has 9 heteroatoms. The van der Waals surface area contributed by atoms with Gasteiger partial charge in [0, 0.05) is 31.3 Å². The molecule has 9 nitrogen and oxygen atoms in total. The third kappa shape index (κ3) is 3.77. The Morgan fingerprint density at radius 2 is 1.81 bits per heavy atom. The van der Waals surface area contributed by atoms with Gasteiger partial charge in [-0.25, -0.2) is 9.97 Å². The minimum absolute atomic E-state index is 0.115. The summed E-state index contributed by atoms with van der Waals surface area (Å²) in [5.74, 6) is -0.0931. The van der Waals surface area contributed by atoms with Gasteiger partial charge in [0.2, 0.25) is 0 Å². The number of ether oxygens (including phenoxy) is 1. The molecule has 1 N–H and O–H groups in total. The maximum atomic E-state index is 12.3. The van der Waals surface area contributed by atoms with Gasteiger partial charge in [-0.2, -0.15) is 0 Å². The van der Waals surface area contributed by atoms with Gasteiger partial charge in [-0.1, -0.05) is 0 Å². The average Bonchev–Trinajstić information content (AvgIpc) is 2.71. The number of rotatable bonds is 4. The van der Waals surface area contributed by atoms with Crippen LogP contribution < -0.4 is 5.32 Å². The van der Waals surface area contributed by atoms with Gasteiger partial charge in [-0.15, -0.1) is 0 Å². The topological polar surface area (TPSA) is 110 Å². The molecule has 4 heterocycles. The summed E-state index contributed by atoms with van der Waals surface area (Å²) in [6, 6.07) is 0. The van der Waals surface area contributed by atoms with Crippen molar-refractivity contribution in [1.82, 2.24) is 30.2 Å². The van der Waals surface area contributed by atoms with E-state index in [2.05, 4.69) is 25.3 Å². The molecule has 2 aliphatic rings. The van der Waals surface area contributed by atoms with Crippen LogP contribution in [0.15, 0.2) is 37.2 Å². The molecule has 0 bridgehead atoms. The van der Waals surface area contributed by atoms with Gasteiger partial charge >= 0.3 is 0 Å². The Balaban J connectivity index is 1.22. The average molecular weight is 368 g/mol. The SMILES string of the molecule is O=C(NCC1CCC2(CN(C(=O)c3cnccn3)C2)OC1)c1cnccn1. The minimum atomic E-state index is -0.261. The van der Waals surface area contributed by atoms with Gasteiger partial charge in [-0.3, -0.25) is 19.6 Å². The van der Waals surface area contributed by atoms with E-state index in [4.69, 9.17) is 4.74 Å². The highest BCUT2D eigenvalue weighted by atomic mass is 16.5. The molecule has 4 rings (SSSR count). The maximum Gasteiger partial charge on any atom is 0.274 e. The number of carbonyl (C=O) groups is 2. The monoisotopic (exact) mass is 368 g/mol. The van der Waals surface area contributed by atoms with Crippen LogP contribution in [0.3, 0.4) is 0 Å². The largest absolute Gasteiger partial charge is 0.371 e. The van der Waals surface area contributed by atoms with E-state index in [1.807, 2.05) is 0 Å². The Bertz CT molecular complexity index is 800. The summed E-state index contributed by atoms with van der Waals surface area (Å²) in [6.45, 7) is 2.24. The third-order valence-electron chi connectivity index (χ3n) is 5.01. The molecule has 0 aromatic carbocycles. The number of nitrogens with zero attached hydrogens (tertiary/aromatic N) is 5. The van der Waals surface area contributed by atoms with Gasteiger partial charge in [0.1, 0.15) is 17.0 Å². The summed E-state index contributed by atoms with van der Waals surface area (Å²) in [6.07, 6.45) is 10.8. The molecule has 140 valence electrons. The first-order valence-electron chi connectivity index (χ1n) is 8.89. The molecular formula is C18H20N6O3. The van der Waals surface area contributed by atoms with E-state index < -0.39 is 0 Å². The van der Waals surface area contributed by atoms with Crippen molar-refractivity contribution in [2.45, 2.75) is 18.4 Å². The summed E-state index contributed by atoms with van der Waals surface area (Å²) < 4.78 is 6.06. The van der Waals surface area contributed by atoms with Crippen molar-refractivity contribution in [3.8, 4) is 0 Å². The number of aromatic nitrogens is 4. The summed E-state index contributed by atoms with van der Waals surface area (Å²) in [5.41, 5.74) is 0.402. The first kappa shape index (κ1) is 17.5. The number of amides is 2. The molecule has 2 amide bonds. The summed E-state index contributed by atoms with van der Waals surface area (Å²) >= 11 is 0. The predicted molar refractivity (Wildman–Crippen MR) is 93.7 cm³/mol. The summed E-state index contributed by atoms with van der Waals surface area (Å²) in [5, 5.41) is 2.88. The number of likely N-dealkylation sites (tertiary alicyclic amines) is 1. The van der Waals surface area contributed by atoms with Crippen molar-refractivity contribution in [2.75, 3.05) is 26.2 Å². The zero-order valence-corrected chi connectivity index (χ0v) is 14.7. The van der Waals surface area contributed by atoms with Gasteiger partial charge in [-0.05, 0) is 18.8 Å². The molecule has 27 heavy (non-hydrogen) atoms. The van der Waals surface area contributed by atoms with Crippen molar-refractivity contribution >= 4 is 11.8 Å². The van der Waals surface area contributed by atoms with Crippen molar-refractivity contribution in [3.05, 3.63) is 48.6 Å². The lowest BCUT2D eigenvalue weighted by Gasteiger charge is -2.52. The zero-order valence-electron chi connectivity index (χ0n) is 14.7. The molecule has 1 spiro atoms. The number of nitrogens with one attached hydrogen (secondary N) is 1. The van der Waals surface area contributed by atoms with Crippen molar-refractivity contribution < 1.29 is 14.3 Å². The van der Waals surface area contributed by atoms with E-state index in [1.165, 1.54) is 31.0 Å². The molecule has 2 fully saturated rings. The van der Waals surface area contributed by atoms with E-state index in [9.17, 15) is 9.59 Å². The molecule has 2 aliphatic heterocycles. The van der Waals surface area contributed by atoms with E-state index in [1.54, 1.807) is 11.1 Å². The Labute approximate surface area is 156 Å². The van der Waals surface area contributed by atoms with Crippen molar-refractivity contribution in [3.63, 3.8) is 0 Å².